The normalized spacial score (nSPS) is 10.2. The van der Waals surface area contributed by atoms with Gasteiger partial charge in [0.25, 0.3) is 0 Å². The fourth-order valence-corrected chi connectivity index (χ4v) is 1.52. The number of methoxy groups -OCH3 is 1. The van der Waals surface area contributed by atoms with Crippen molar-refractivity contribution in [3.8, 4) is 5.75 Å². The molecule has 0 radical (unpaired) electrons. The number of carbonyl (C=O) groups excluding carboxylic acids is 1. The molecule has 0 aliphatic rings. The first-order valence-corrected chi connectivity index (χ1v) is 5.56. The third kappa shape index (κ3) is 3.01. The van der Waals surface area contributed by atoms with Gasteiger partial charge in [-0.2, -0.15) is 0 Å². The van der Waals surface area contributed by atoms with E-state index in [0.717, 1.165) is 0 Å². The highest BCUT2D eigenvalue weighted by molar-refractivity contribution is 5.90. The van der Waals surface area contributed by atoms with Crippen molar-refractivity contribution in [2.24, 2.45) is 7.05 Å². The minimum absolute atomic E-state index is 0.225. The van der Waals surface area contributed by atoms with Gasteiger partial charge < -0.3 is 15.2 Å². The van der Waals surface area contributed by atoms with Crippen LogP contribution in [-0.2, 0) is 18.4 Å². The highest BCUT2D eigenvalue weighted by atomic mass is 16.5. The molecule has 7 nitrogen and oxygen atoms in total. The average molecular weight is 262 g/mol. The molecule has 1 aromatic heterocycles. The lowest BCUT2D eigenvalue weighted by atomic mass is 10.2. The molecule has 0 bridgehead atoms. The molecular weight excluding hydrogens is 248 g/mol. The number of hydrogen-bond acceptors (Lipinski definition) is 6. The number of ether oxygens (including phenoxy) is 2. The second kappa shape index (κ2) is 5.38. The first-order valence-electron chi connectivity index (χ1n) is 5.56. The number of hydrogen-bond donors (Lipinski definition) is 1. The number of nitrogens with zero attached hydrogens (tertiary/aromatic N) is 3. The lowest BCUT2D eigenvalue weighted by Gasteiger charge is -2.08. The highest BCUT2D eigenvalue weighted by Gasteiger charge is 2.10. The second-order valence-corrected chi connectivity index (χ2v) is 3.92. The van der Waals surface area contributed by atoms with Crippen LogP contribution in [0, 0.1) is 0 Å². The van der Waals surface area contributed by atoms with Crippen LogP contribution in [0.25, 0.3) is 0 Å². The molecule has 1 aromatic carbocycles. The lowest BCUT2D eigenvalue weighted by Crippen LogP contribution is -2.04. The zero-order valence-corrected chi connectivity index (χ0v) is 10.7. The van der Waals surface area contributed by atoms with Crippen LogP contribution in [0.2, 0.25) is 0 Å². The van der Waals surface area contributed by atoms with E-state index in [0.29, 0.717) is 22.7 Å². The summed E-state index contributed by atoms with van der Waals surface area (Å²) in [5, 5.41) is 7.68. The molecule has 2 rings (SSSR count). The number of anilines is 1. The number of aryl methyl sites for hydroxylation is 1. The molecule has 2 aromatic rings. The van der Waals surface area contributed by atoms with Crippen LogP contribution in [-0.4, -0.2) is 28.1 Å². The van der Waals surface area contributed by atoms with Crippen LogP contribution in [0.3, 0.4) is 0 Å². The van der Waals surface area contributed by atoms with Gasteiger partial charge in [0.1, 0.15) is 18.1 Å². The summed E-state index contributed by atoms with van der Waals surface area (Å²) in [5.41, 5.74) is 7.28. The zero-order chi connectivity index (χ0) is 13.8. The number of nitrogen functional groups attached to an aromatic ring is 1. The molecule has 0 spiro atoms. The first-order chi connectivity index (χ1) is 9.10. The fourth-order valence-electron chi connectivity index (χ4n) is 1.52. The fraction of sp³-hybridized carbons (Fsp3) is 0.250. The summed E-state index contributed by atoms with van der Waals surface area (Å²) in [7, 11) is 3.08. The maximum absolute atomic E-state index is 11.4. The first kappa shape index (κ1) is 12.9. The summed E-state index contributed by atoms with van der Waals surface area (Å²) in [6.07, 6.45) is 1.74. The molecule has 0 aliphatic heterocycles. The molecule has 0 atom stereocenters. The van der Waals surface area contributed by atoms with E-state index in [-0.39, 0.29) is 6.61 Å². The van der Waals surface area contributed by atoms with E-state index < -0.39 is 5.97 Å². The van der Waals surface area contributed by atoms with Crippen molar-refractivity contribution in [2.45, 2.75) is 6.61 Å². The monoisotopic (exact) mass is 262 g/mol. The zero-order valence-electron chi connectivity index (χ0n) is 10.7. The Kier molecular flexibility index (Phi) is 3.65. The van der Waals surface area contributed by atoms with Crippen molar-refractivity contribution in [1.82, 2.24) is 15.0 Å². The third-order valence-electron chi connectivity index (χ3n) is 2.46. The largest absolute Gasteiger partial charge is 0.485 e. The standard InChI is InChI=1S/C12H14N4O3/c1-16-6-9(14-15-16)7-19-11-5-8(12(17)18-2)3-4-10(11)13/h3-6H,7,13H2,1-2H3. The average Bonchev–Trinajstić information content (AvgIpc) is 2.82. The minimum Gasteiger partial charge on any atom is -0.485 e. The Labute approximate surface area is 109 Å². The number of nitrogens with two attached hydrogens (primary N) is 1. The van der Waals surface area contributed by atoms with Gasteiger partial charge in [-0.15, -0.1) is 5.10 Å². The number of esters is 1. The summed E-state index contributed by atoms with van der Waals surface area (Å²) >= 11 is 0. The number of carbonyl (C=O) groups is 1. The topological polar surface area (TPSA) is 92.3 Å². The molecule has 0 fully saturated rings. The van der Waals surface area contributed by atoms with E-state index in [1.807, 2.05) is 0 Å². The van der Waals surface area contributed by atoms with Crippen LogP contribution in [0.1, 0.15) is 16.1 Å². The molecule has 2 N–H and O–H groups in total. The van der Waals surface area contributed by atoms with Crippen LogP contribution >= 0.6 is 0 Å². The summed E-state index contributed by atoms with van der Waals surface area (Å²) in [5.74, 6) is -0.0297. The van der Waals surface area contributed by atoms with Crippen molar-refractivity contribution in [1.29, 1.82) is 0 Å². The van der Waals surface area contributed by atoms with Gasteiger partial charge in [-0.3, -0.25) is 4.68 Å². The van der Waals surface area contributed by atoms with E-state index in [1.54, 1.807) is 30.1 Å². The molecule has 100 valence electrons. The molecule has 0 unspecified atom stereocenters. The van der Waals surface area contributed by atoms with E-state index in [2.05, 4.69) is 15.0 Å². The Balaban J connectivity index is 2.12. The van der Waals surface area contributed by atoms with Gasteiger partial charge in [-0.1, -0.05) is 5.21 Å². The van der Waals surface area contributed by atoms with Gasteiger partial charge in [0, 0.05) is 7.05 Å². The van der Waals surface area contributed by atoms with Crippen molar-refractivity contribution in [2.75, 3.05) is 12.8 Å². The van der Waals surface area contributed by atoms with Crippen molar-refractivity contribution in [3.05, 3.63) is 35.7 Å². The molecule has 0 amide bonds. The van der Waals surface area contributed by atoms with Crippen molar-refractivity contribution in [3.63, 3.8) is 0 Å². The number of rotatable bonds is 4. The summed E-state index contributed by atoms with van der Waals surface area (Å²) in [6, 6.07) is 4.71. The number of aromatic nitrogens is 3. The Bertz CT molecular complexity index is 594. The predicted octanol–water partition coefficient (Wildman–Crippen LogP) is 0.763. The quantitative estimate of drug-likeness (QED) is 0.646. The van der Waals surface area contributed by atoms with Crippen LogP contribution in [0.15, 0.2) is 24.4 Å². The van der Waals surface area contributed by atoms with Crippen LogP contribution in [0.5, 0.6) is 5.75 Å². The molecule has 7 heteroatoms. The predicted molar refractivity (Wildman–Crippen MR) is 67.5 cm³/mol. The molecule has 0 saturated heterocycles. The molecule has 19 heavy (non-hydrogen) atoms. The summed E-state index contributed by atoms with van der Waals surface area (Å²) in [6.45, 7) is 0.225. The Morgan fingerprint density at radius 3 is 2.89 bits per heavy atom. The minimum atomic E-state index is -0.440. The van der Waals surface area contributed by atoms with Crippen LogP contribution < -0.4 is 10.5 Å². The third-order valence-corrected chi connectivity index (χ3v) is 2.46. The van der Waals surface area contributed by atoms with Gasteiger partial charge in [0.15, 0.2) is 0 Å². The summed E-state index contributed by atoms with van der Waals surface area (Å²) in [4.78, 5) is 11.4. The number of benzene rings is 1. The van der Waals surface area contributed by atoms with Gasteiger partial charge in [0.2, 0.25) is 0 Å². The van der Waals surface area contributed by atoms with Gasteiger partial charge >= 0.3 is 5.97 Å². The Morgan fingerprint density at radius 2 is 2.26 bits per heavy atom. The lowest BCUT2D eigenvalue weighted by molar-refractivity contribution is 0.0600. The van der Waals surface area contributed by atoms with E-state index in [9.17, 15) is 4.79 Å². The summed E-state index contributed by atoms with van der Waals surface area (Å²) < 4.78 is 11.7. The highest BCUT2D eigenvalue weighted by Crippen LogP contribution is 2.24. The van der Waals surface area contributed by atoms with Crippen molar-refractivity contribution >= 4 is 11.7 Å². The van der Waals surface area contributed by atoms with Gasteiger partial charge in [-0.25, -0.2) is 4.79 Å². The van der Waals surface area contributed by atoms with Crippen LogP contribution in [0.4, 0.5) is 5.69 Å². The molecule has 1 heterocycles. The molecular formula is C12H14N4O3. The van der Waals surface area contributed by atoms with E-state index >= 15 is 0 Å². The van der Waals surface area contributed by atoms with E-state index in [1.165, 1.54) is 13.2 Å². The Hall–Kier alpha value is -2.57. The maximum Gasteiger partial charge on any atom is 0.337 e. The second-order valence-electron chi connectivity index (χ2n) is 3.92. The molecule has 0 aliphatic carbocycles. The van der Waals surface area contributed by atoms with Gasteiger partial charge in [-0.05, 0) is 18.2 Å². The Morgan fingerprint density at radius 1 is 1.47 bits per heavy atom. The van der Waals surface area contributed by atoms with Gasteiger partial charge in [0.05, 0.1) is 24.6 Å². The van der Waals surface area contributed by atoms with E-state index in [4.69, 9.17) is 10.5 Å². The SMILES string of the molecule is COC(=O)c1ccc(N)c(OCc2cn(C)nn2)c1. The van der Waals surface area contributed by atoms with Crippen molar-refractivity contribution < 1.29 is 14.3 Å². The molecule has 0 saturated carbocycles. The maximum atomic E-state index is 11.4. The smallest absolute Gasteiger partial charge is 0.337 e.